The highest BCUT2D eigenvalue weighted by Crippen LogP contribution is 2.37. The summed E-state index contributed by atoms with van der Waals surface area (Å²) >= 11 is 0. The van der Waals surface area contributed by atoms with E-state index < -0.39 is 5.97 Å². The molecule has 2 aromatic carbocycles. The summed E-state index contributed by atoms with van der Waals surface area (Å²) in [6, 6.07) is 26.3. The van der Waals surface area contributed by atoms with Crippen molar-refractivity contribution in [3.8, 4) is 22.6 Å². The summed E-state index contributed by atoms with van der Waals surface area (Å²) in [6.45, 7) is 2.22. The number of rotatable bonds is 9. The van der Waals surface area contributed by atoms with Gasteiger partial charge >= 0.3 is 5.97 Å². The Morgan fingerprint density at radius 2 is 1.70 bits per heavy atom. The van der Waals surface area contributed by atoms with E-state index in [1.54, 1.807) is 17.8 Å². The molecule has 1 N–H and O–H groups in total. The van der Waals surface area contributed by atoms with Crippen LogP contribution in [0.25, 0.3) is 28.3 Å². The van der Waals surface area contributed by atoms with Gasteiger partial charge in [-0.25, -0.2) is 14.8 Å². The van der Waals surface area contributed by atoms with Gasteiger partial charge in [-0.2, -0.15) is 9.61 Å². The quantitative estimate of drug-likeness (QED) is 0.252. The Morgan fingerprint density at radius 3 is 2.37 bits per heavy atom. The topological polar surface area (TPSA) is 107 Å². The molecular weight excluding hydrogens is 544 g/mol. The lowest BCUT2D eigenvalue weighted by molar-refractivity contribution is 0.0686. The van der Waals surface area contributed by atoms with Crippen LogP contribution in [0.3, 0.4) is 0 Å². The second-order valence-electron chi connectivity index (χ2n) is 10.6. The molecule has 10 heteroatoms. The number of aromatic nitrogens is 5. The Hall–Kier alpha value is -5.06. The number of carboxylic acid groups (broad SMARTS) is 1. The van der Waals surface area contributed by atoms with Crippen molar-refractivity contribution in [2.24, 2.45) is 0 Å². The maximum Gasteiger partial charge on any atom is 0.341 e. The summed E-state index contributed by atoms with van der Waals surface area (Å²) in [5.74, 6) is 0.427. The normalized spacial score (nSPS) is 16.7. The van der Waals surface area contributed by atoms with Crippen LogP contribution in [0.4, 0.5) is 5.82 Å². The lowest BCUT2D eigenvalue weighted by Gasteiger charge is -2.26. The van der Waals surface area contributed by atoms with Crippen molar-refractivity contribution < 1.29 is 19.4 Å². The molecule has 5 heterocycles. The number of hydrogen-bond acceptors (Lipinski definition) is 7. The predicted octanol–water partition coefficient (Wildman–Crippen LogP) is 5.19. The molecule has 0 radical (unpaired) electrons. The van der Waals surface area contributed by atoms with Crippen molar-refractivity contribution in [2.45, 2.75) is 25.2 Å². The van der Waals surface area contributed by atoms with Gasteiger partial charge in [0.1, 0.15) is 23.3 Å². The number of anilines is 1. The van der Waals surface area contributed by atoms with Gasteiger partial charge in [0.15, 0.2) is 5.65 Å². The molecule has 2 atom stereocenters. The van der Waals surface area contributed by atoms with Crippen molar-refractivity contribution >= 4 is 17.4 Å². The van der Waals surface area contributed by atoms with Gasteiger partial charge in [0, 0.05) is 49.8 Å². The van der Waals surface area contributed by atoms with Crippen LogP contribution < -0.4 is 4.90 Å². The van der Waals surface area contributed by atoms with E-state index in [9.17, 15) is 9.90 Å². The first-order chi connectivity index (χ1) is 21.1. The summed E-state index contributed by atoms with van der Waals surface area (Å²) in [5.41, 5.74) is 4.86. The van der Waals surface area contributed by atoms with E-state index >= 15 is 0 Å². The van der Waals surface area contributed by atoms with Gasteiger partial charge in [-0.15, -0.1) is 0 Å². The third-order valence-electron chi connectivity index (χ3n) is 7.98. The van der Waals surface area contributed by atoms with Crippen molar-refractivity contribution in [3.05, 3.63) is 114 Å². The Labute approximate surface area is 248 Å². The van der Waals surface area contributed by atoms with E-state index in [0.717, 1.165) is 33.9 Å². The average molecular weight is 575 g/mol. The fourth-order valence-electron chi connectivity index (χ4n) is 5.82. The van der Waals surface area contributed by atoms with Crippen LogP contribution >= 0.6 is 0 Å². The fraction of sp³-hybridized carbons (Fsp3) is 0.212. The average Bonchev–Trinajstić information content (AvgIpc) is 3.79. The predicted molar refractivity (Wildman–Crippen MR) is 161 cm³/mol. The van der Waals surface area contributed by atoms with Crippen LogP contribution in [0.5, 0.6) is 0 Å². The minimum absolute atomic E-state index is 0.0110. The number of fused-ring (bicyclic) bond motifs is 2. The first-order valence-corrected chi connectivity index (χ1v) is 14.1. The highest BCUT2D eigenvalue weighted by Gasteiger charge is 2.32. The molecule has 7 rings (SSSR count). The fourth-order valence-corrected chi connectivity index (χ4v) is 5.82. The number of benzene rings is 2. The monoisotopic (exact) mass is 574 g/mol. The van der Waals surface area contributed by atoms with Gasteiger partial charge in [-0.3, -0.25) is 0 Å². The molecule has 3 aliphatic rings. The lowest BCUT2D eigenvalue weighted by atomic mass is 10.1. The van der Waals surface area contributed by atoms with Crippen LogP contribution in [0.15, 0.2) is 97.5 Å². The zero-order valence-corrected chi connectivity index (χ0v) is 23.6. The second-order valence-corrected chi connectivity index (χ2v) is 10.6. The number of methoxy groups -OCH3 is 1. The van der Waals surface area contributed by atoms with Crippen LogP contribution in [0.2, 0.25) is 0 Å². The zero-order valence-electron chi connectivity index (χ0n) is 23.6. The highest BCUT2D eigenvalue weighted by molar-refractivity contribution is 5.95. The van der Waals surface area contributed by atoms with E-state index in [0.29, 0.717) is 32.0 Å². The van der Waals surface area contributed by atoms with E-state index in [-0.39, 0.29) is 23.4 Å². The Balaban J connectivity index is 1.38. The number of carbonyl (C=O) groups is 1. The minimum Gasteiger partial charge on any atom is -0.477 e. The summed E-state index contributed by atoms with van der Waals surface area (Å²) in [4.78, 5) is 24.1. The van der Waals surface area contributed by atoms with E-state index in [2.05, 4.69) is 38.8 Å². The molecule has 0 saturated carbocycles. The maximum atomic E-state index is 12.3. The third kappa shape index (κ3) is 5.00. The summed E-state index contributed by atoms with van der Waals surface area (Å²) in [5, 5.41) is 14.5. The second kappa shape index (κ2) is 11.3. The molecule has 1 saturated heterocycles. The number of nitrogens with zero attached hydrogens (tertiary/aromatic N) is 6. The number of pyridine rings is 1. The molecule has 0 unspecified atom stereocenters. The number of carboxylic acids is 1. The van der Waals surface area contributed by atoms with Crippen LogP contribution in [-0.4, -0.2) is 61.7 Å². The van der Waals surface area contributed by atoms with E-state index in [4.69, 9.17) is 19.4 Å². The Morgan fingerprint density at radius 1 is 0.977 bits per heavy atom. The van der Waals surface area contributed by atoms with Crippen LogP contribution in [0, 0.1) is 0 Å². The first-order valence-electron chi connectivity index (χ1n) is 14.1. The number of hydrogen-bond donors (Lipinski definition) is 1. The molecule has 216 valence electrons. The van der Waals surface area contributed by atoms with Gasteiger partial charge in [0.2, 0.25) is 0 Å². The van der Waals surface area contributed by atoms with Crippen LogP contribution in [-0.2, 0) is 22.6 Å². The molecule has 10 nitrogen and oxygen atoms in total. The summed E-state index contributed by atoms with van der Waals surface area (Å²) in [7, 11) is 1.69. The largest absolute Gasteiger partial charge is 0.477 e. The van der Waals surface area contributed by atoms with Gasteiger partial charge < -0.3 is 24.0 Å². The Kier molecular flexibility index (Phi) is 7.06. The molecular formula is C33H30N6O4. The molecule has 0 aliphatic carbocycles. The Bertz CT molecular complexity index is 1810. The summed E-state index contributed by atoms with van der Waals surface area (Å²) < 4.78 is 15.1. The molecule has 3 aliphatic heterocycles. The highest BCUT2D eigenvalue weighted by atomic mass is 16.5. The van der Waals surface area contributed by atoms with Crippen LogP contribution in [0.1, 0.15) is 27.5 Å². The minimum atomic E-state index is -1.08. The first kappa shape index (κ1) is 26.8. The van der Waals surface area contributed by atoms with Crippen molar-refractivity contribution in [3.63, 3.8) is 0 Å². The SMILES string of the molecule is CO[C@@H]1COC[C@H]1n1cccc2c(-c3cc(N(Cc4ccccc4)Cc4ccccc4)n4ncc(C(=O)O)c4n3)cnc1-2. The van der Waals surface area contributed by atoms with Gasteiger partial charge in [-0.05, 0) is 23.3 Å². The molecule has 0 amide bonds. The van der Waals surface area contributed by atoms with Crippen molar-refractivity contribution in [1.82, 2.24) is 24.1 Å². The van der Waals surface area contributed by atoms with E-state index in [1.165, 1.54) is 6.20 Å². The zero-order chi connectivity index (χ0) is 29.3. The van der Waals surface area contributed by atoms with Crippen molar-refractivity contribution in [1.29, 1.82) is 0 Å². The molecule has 1 fully saturated rings. The number of aromatic carboxylic acids is 1. The molecule has 0 bridgehead atoms. The number of ether oxygens (including phenoxy) is 2. The molecule has 0 spiro atoms. The molecule has 43 heavy (non-hydrogen) atoms. The lowest BCUT2D eigenvalue weighted by Crippen LogP contribution is -2.25. The van der Waals surface area contributed by atoms with Gasteiger partial charge in [0.25, 0.3) is 0 Å². The van der Waals surface area contributed by atoms with Gasteiger partial charge in [-0.1, -0.05) is 60.7 Å². The molecule has 4 aromatic rings. The standard InChI is InChI=1S/C33H30N6O4/c1-42-29-21-43-20-28(29)38-14-8-13-24-25(16-34-31(24)38)27-15-30(39-32(36-27)26(17-35-39)33(40)41)37(18-22-9-4-2-5-10-22)19-23-11-6-3-7-12-23/h2-17,28-29H,18-21H2,1H3,(H,40,41)/t28-,29-/m1/s1. The third-order valence-corrected chi connectivity index (χ3v) is 7.98. The van der Waals surface area contributed by atoms with E-state index in [1.807, 2.05) is 60.8 Å². The summed E-state index contributed by atoms with van der Waals surface area (Å²) in [6.07, 6.45) is 5.08. The maximum absolute atomic E-state index is 12.3. The molecule has 2 aromatic heterocycles. The smallest absolute Gasteiger partial charge is 0.341 e. The van der Waals surface area contributed by atoms with Crippen molar-refractivity contribution in [2.75, 3.05) is 25.2 Å². The van der Waals surface area contributed by atoms with Gasteiger partial charge in [0.05, 0.1) is 31.1 Å².